The van der Waals surface area contributed by atoms with E-state index in [1.54, 1.807) is 19.0 Å². The molecule has 0 fully saturated rings. The Kier molecular flexibility index (Phi) is 7.25. The lowest BCUT2D eigenvalue weighted by atomic mass is 10.2. The molecule has 0 aliphatic carbocycles. The second kappa shape index (κ2) is 7.59. The van der Waals surface area contributed by atoms with Crippen LogP contribution in [0.3, 0.4) is 0 Å². The van der Waals surface area contributed by atoms with Gasteiger partial charge in [0.05, 0.1) is 4.99 Å². The van der Waals surface area contributed by atoms with Gasteiger partial charge < -0.3 is 15.5 Å². The van der Waals surface area contributed by atoms with Gasteiger partial charge in [-0.05, 0) is 20.0 Å². The van der Waals surface area contributed by atoms with E-state index in [1.807, 2.05) is 7.05 Å². The van der Waals surface area contributed by atoms with Crippen molar-refractivity contribution >= 4 is 23.1 Å². The fourth-order valence-corrected chi connectivity index (χ4v) is 1.23. The average molecular weight is 231 g/mol. The van der Waals surface area contributed by atoms with Crippen LogP contribution in [0.5, 0.6) is 0 Å². The van der Waals surface area contributed by atoms with Gasteiger partial charge in [0.1, 0.15) is 0 Å². The van der Waals surface area contributed by atoms with Gasteiger partial charge >= 0.3 is 0 Å². The molecule has 0 rings (SSSR count). The first-order chi connectivity index (χ1) is 6.93. The molecule has 1 amide bonds. The molecule has 0 aliphatic heterocycles. The van der Waals surface area contributed by atoms with Crippen LogP contribution in [-0.4, -0.2) is 54.9 Å². The molecular formula is C10H21N3OS. The van der Waals surface area contributed by atoms with Crippen molar-refractivity contribution in [2.24, 2.45) is 5.73 Å². The molecule has 2 N–H and O–H groups in total. The van der Waals surface area contributed by atoms with Gasteiger partial charge in [0.2, 0.25) is 5.91 Å². The molecular weight excluding hydrogens is 210 g/mol. The first kappa shape index (κ1) is 14.3. The Bertz CT molecular complexity index is 219. The minimum atomic E-state index is 0.178. The number of nitrogens with two attached hydrogens (primary N) is 1. The minimum absolute atomic E-state index is 0.178. The Morgan fingerprint density at radius 2 is 1.80 bits per heavy atom. The van der Waals surface area contributed by atoms with Crippen LogP contribution in [-0.2, 0) is 4.79 Å². The summed E-state index contributed by atoms with van der Waals surface area (Å²) in [6.45, 7) is 1.77. The summed E-state index contributed by atoms with van der Waals surface area (Å²) in [6, 6.07) is 0. The second-order valence-electron chi connectivity index (χ2n) is 3.91. The van der Waals surface area contributed by atoms with Crippen LogP contribution in [0.1, 0.15) is 19.3 Å². The smallest absolute Gasteiger partial charge is 0.222 e. The highest BCUT2D eigenvalue weighted by molar-refractivity contribution is 7.80. The zero-order chi connectivity index (χ0) is 11.8. The molecule has 0 aliphatic rings. The van der Waals surface area contributed by atoms with E-state index in [0.29, 0.717) is 11.4 Å². The molecule has 0 aromatic carbocycles. The fourth-order valence-electron chi connectivity index (χ4n) is 1.14. The van der Waals surface area contributed by atoms with Crippen molar-refractivity contribution in [1.82, 2.24) is 9.80 Å². The maximum atomic E-state index is 11.3. The third-order valence-corrected chi connectivity index (χ3v) is 2.37. The SMILES string of the molecule is CN(CCCC(=O)N(C)C)CCC(N)=S. The largest absolute Gasteiger partial charge is 0.393 e. The summed E-state index contributed by atoms with van der Waals surface area (Å²) >= 11 is 4.79. The molecule has 5 heteroatoms. The maximum Gasteiger partial charge on any atom is 0.222 e. The van der Waals surface area contributed by atoms with Gasteiger partial charge in [-0.3, -0.25) is 4.79 Å². The van der Waals surface area contributed by atoms with Crippen molar-refractivity contribution in [3.05, 3.63) is 0 Å². The van der Waals surface area contributed by atoms with Crippen molar-refractivity contribution in [2.75, 3.05) is 34.2 Å². The predicted molar refractivity (Wildman–Crippen MR) is 66.8 cm³/mol. The van der Waals surface area contributed by atoms with E-state index in [1.165, 1.54) is 0 Å². The second-order valence-corrected chi connectivity index (χ2v) is 4.44. The number of carbonyl (C=O) groups is 1. The summed E-state index contributed by atoms with van der Waals surface area (Å²) in [5, 5.41) is 0. The Balaban J connectivity index is 3.50. The van der Waals surface area contributed by atoms with Gasteiger partial charge in [0, 0.05) is 33.5 Å². The molecule has 15 heavy (non-hydrogen) atoms. The molecule has 0 heterocycles. The van der Waals surface area contributed by atoms with Crippen molar-refractivity contribution in [3.8, 4) is 0 Å². The summed E-state index contributed by atoms with van der Waals surface area (Å²) < 4.78 is 0. The normalized spacial score (nSPS) is 10.4. The van der Waals surface area contributed by atoms with E-state index in [4.69, 9.17) is 18.0 Å². The molecule has 0 saturated carbocycles. The van der Waals surface area contributed by atoms with E-state index in [-0.39, 0.29) is 5.91 Å². The summed E-state index contributed by atoms with van der Waals surface area (Å²) in [6.07, 6.45) is 2.22. The van der Waals surface area contributed by atoms with Crippen LogP contribution < -0.4 is 5.73 Å². The van der Waals surface area contributed by atoms with E-state index in [0.717, 1.165) is 25.9 Å². The van der Waals surface area contributed by atoms with Crippen LogP contribution in [0.15, 0.2) is 0 Å². The highest BCUT2D eigenvalue weighted by Gasteiger charge is 2.04. The van der Waals surface area contributed by atoms with Gasteiger partial charge in [-0.1, -0.05) is 12.2 Å². The first-order valence-corrected chi connectivity index (χ1v) is 5.51. The number of hydrogen-bond donors (Lipinski definition) is 1. The Labute approximate surface area is 97.4 Å². The molecule has 4 nitrogen and oxygen atoms in total. The predicted octanol–water partition coefficient (Wildman–Crippen LogP) is 0.463. The summed E-state index contributed by atoms with van der Waals surface area (Å²) in [5.41, 5.74) is 5.40. The Hall–Kier alpha value is -0.680. The van der Waals surface area contributed by atoms with Gasteiger partial charge in [0.15, 0.2) is 0 Å². The number of thiocarbonyl (C=S) groups is 1. The van der Waals surface area contributed by atoms with Crippen molar-refractivity contribution < 1.29 is 4.79 Å². The summed E-state index contributed by atoms with van der Waals surface area (Å²) in [4.78, 5) is 15.6. The zero-order valence-electron chi connectivity index (χ0n) is 9.82. The highest BCUT2D eigenvalue weighted by Crippen LogP contribution is 1.97. The van der Waals surface area contributed by atoms with E-state index in [9.17, 15) is 4.79 Å². The lowest BCUT2D eigenvalue weighted by molar-refractivity contribution is -0.128. The lowest BCUT2D eigenvalue weighted by Crippen LogP contribution is -2.27. The molecule has 0 aromatic heterocycles. The summed E-state index contributed by atoms with van der Waals surface area (Å²) in [5.74, 6) is 0.178. The monoisotopic (exact) mass is 231 g/mol. The van der Waals surface area contributed by atoms with Gasteiger partial charge in [-0.2, -0.15) is 0 Å². The van der Waals surface area contributed by atoms with E-state index in [2.05, 4.69) is 4.90 Å². The van der Waals surface area contributed by atoms with Crippen LogP contribution in [0.4, 0.5) is 0 Å². The minimum Gasteiger partial charge on any atom is -0.393 e. The molecule has 0 radical (unpaired) electrons. The number of amides is 1. The molecule has 0 unspecified atom stereocenters. The van der Waals surface area contributed by atoms with Crippen LogP contribution in [0.2, 0.25) is 0 Å². The number of nitrogens with zero attached hydrogens (tertiary/aromatic N) is 2. The molecule has 0 atom stereocenters. The molecule has 0 aromatic rings. The third-order valence-electron chi connectivity index (χ3n) is 2.17. The topological polar surface area (TPSA) is 49.6 Å². The van der Waals surface area contributed by atoms with Gasteiger partial charge in [-0.25, -0.2) is 0 Å². The van der Waals surface area contributed by atoms with Gasteiger partial charge in [0.25, 0.3) is 0 Å². The highest BCUT2D eigenvalue weighted by atomic mass is 32.1. The van der Waals surface area contributed by atoms with Crippen LogP contribution in [0, 0.1) is 0 Å². The van der Waals surface area contributed by atoms with Crippen molar-refractivity contribution in [3.63, 3.8) is 0 Å². The Morgan fingerprint density at radius 1 is 1.20 bits per heavy atom. The quantitative estimate of drug-likeness (QED) is 0.647. The van der Waals surface area contributed by atoms with Crippen LogP contribution in [0.25, 0.3) is 0 Å². The first-order valence-electron chi connectivity index (χ1n) is 5.10. The van der Waals surface area contributed by atoms with E-state index < -0.39 is 0 Å². The summed E-state index contributed by atoms with van der Waals surface area (Å²) in [7, 11) is 5.57. The molecule has 0 bridgehead atoms. The van der Waals surface area contributed by atoms with Gasteiger partial charge in [-0.15, -0.1) is 0 Å². The lowest BCUT2D eigenvalue weighted by Gasteiger charge is -2.16. The van der Waals surface area contributed by atoms with E-state index >= 15 is 0 Å². The Morgan fingerprint density at radius 3 is 2.27 bits per heavy atom. The third kappa shape index (κ3) is 8.32. The maximum absolute atomic E-state index is 11.3. The number of hydrogen-bond acceptors (Lipinski definition) is 3. The fraction of sp³-hybridized carbons (Fsp3) is 0.800. The number of carbonyl (C=O) groups excluding carboxylic acids is 1. The molecule has 0 spiro atoms. The van der Waals surface area contributed by atoms with Crippen LogP contribution >= 0.6 is 12.2 Å². The number of rotatable bonds is 7. The molecule has 0 saturated heterocycles. The van der Waals surface area contributed by atoms with Crippen molar-refractivity contribution in [1.29, 1.82) is 0 Å². The standard InChI is InChI=1S/C10H21N3OS/c1-12(2)10(14)5-4-7-13(3)8-6-9(11)15/h4-8H2,1-3H3,(H2,11,15). The molecule has 88 valence electrons. The average Bonchev–Trinajstić information content (AvgIpc) is 2.14. The zero-order valence-corrected chi connectivity index (χ0v) is 10.6. The van der Waals surface area contributed by atoms with Crippen molar-refractivity contribution in [2.45, 2.75) is 19.3 Å².